The summed E-state index contributed by atoms with van der Waals surface area (Å²) >= 11 is 0. The maximum Gasteiger partial charge on any atom is 0.238 e. The lowest BCUT2D eigenvalue weighted by molar-refractivity contribution is 0.582. The zero-order valence-electron chi connectivity index (χ0n) is 21.1. The van der Waals surface area contributed by atoms with E-state index in [1.165, 1.54) is 12.1 Å². The van der Waals surface area contributed by atoms with Crippen molar-refractivity contribution in [3.63, 3.8) is 0 Å². The van der Waals surface area contributed by atoms with Crippen molar-refractivity contribution >= 4 is 27.2 Å². The summed E-state index contributed by atoms with van der Waals surface area (Å²) < 4.78 is 48.6. The summed E-state index contributed by atoms with van der Waals surface area (Å²) in [5.41, 5.74) is 13.9. The Balaban J connectivity index is 0.000000391. The molecule has 3 rings (SSSR count). The van der Waals surface area contributed by atoms with Gasteiger partial charge in [-0.1, -0.05) is 57.5 Å². The molecule has 7 nitrogen and oxygen atoms in total. The van der Waals surface area contributed by atoms with Crippen LogP contribution in [0.3, 0.4) is 0 Å². The molecule has 10 heteroatoms. The summed E-state index contributed by atoms with van der Waals surface area (Å²) in [6.07, 6.45) is 1.44. The molecule has 3 aromatic rings. The van der Waals surface area contributed by atoms with E-state index in [2.05, 4.69) is 10.3 Å². The van der Waals surface area contributed by atoms with Gasteiger partial charge in [0.25, 0.3) is 0 Å². The molecule has 36 heavy (non-hydrogen) atoms. The quantitative estimate of drug-likeness (QED) is 0.214. The fourth-order valence-electron chi connectivity index (χ4n) is 3.23. The number of nitrogens with two attached hydrogens (primary N) is 3. The van der Waals surface area contributed by atoms with Gasteiger partial charge in [-0.15, -0.1) is 0 Å². The SMILES string of the molecule is CC.CCCc1cc(F)cc(F)c1N.CN=C(NCc1ccccc1S(N)(=O)=O)c1ccccc1N. The Morgan fingerprint density at radius 2 is 1.58 bits per heavy atom. The van der Waals surface area contributed by atoms with Gasteiger partial charge < -0.3 is 16.8 Å². The van der Waals surface area contributed by atoms with Crippen molar-refractivity contribution < 1.29 is 17.2 Å². The Labute approximate surface area is 212 Å². The molecular formula is C26H35F2N5O2S. The number of aryl methyl sites for hydroxylation is 1. The second-order valence-electron chi connectivity index (χ2n) is 7.38. The van der Waals surface area contributed by atoms with E-state index in [1.807, 2.05) is 39.0 Å². The van der Waals surface area contributed by atoms with Crippen LogP contribution in [0.1, 0.15) is 43.9 Å². The maximum atomic E-state index is 12.8. The summed E-state index contributed by atoms with van der Waals surface area (Å²) in [5, 5.41) is 8.33. The molecule has 0 spiro atoms. The Morgan fingerprint density at radius 1 is 0.972 bits per heavy atom. The summed E-state index contributed by atoms with van der Waals surface area (Å²) in [6.45, 7) is 6.20. The predicted molar refractivity (Wildman–Crippen MR) is 144 cm³/mol. The Hall–Kier alpha value is -3.50. The molecule has 0 saturated carbocycles. The lowest BCUT2D eigenvalue weighted by Gasteiger charge is -2.13. The number of anilines is 2. The normalized spacial score (nSPS) is 11.0. The molecule has 196 valence electrons. The van der Waals surface area contributed by atoms with Gasteiger partial charge in [-0.3, -0.25) is 4.99 Å². The van der Waals surface area contributed by atoms with Crippen molar-refractivity contribution in [2.45, 2.75) is 45.1 Å². The highest BCUT2D eigenvalue weighted by Gasteiger charge is 2.14. The zero-order valence-corrected chi connectivity index (χ0v) is 21.9. The number of amidine groups is 1. The zero-order chi connectivity index (χ0) is 27.3. The number of primary sulfonamides is 1. The monoisotopic (exact) mass is 519 g/mol. The molecule has 0 heterocycles. The maximum absolute atomic E-state index is 12.8. The number of nitrogens with zero attached hydrogens (tertiary/aromatic N) is 1. The largest absolute Gasteiger partial charge is 0.398 e. The standard InChI is InChI=1S/C15H18N4O2S.C9H11F2N.C2H6/c1-18-15(12-7-3-4-8-13(12)16)19-10-11-6-2-5-9-14(11)22(17,20)21;1-2-3-6-4-7(10)5-8(11)9(6)12;1-2/h2-9H,10,16H2,1H3,(H,18,19)(H2,17,20,21);4-5H,2-3,12H2,1H3;1-2H3. The van der Waals surface area contributed by atoms with Crippen LogP contribution in [0.5, 0.6) is 0 Å². The van der Waals surface area contributed by atoms with Gasteiger partial charge >= 0.3 is 0 Å². The Morgan fingerprint density at radius 3 is 2.17 bits per heavy atom. The molecule has 0 atom stereocenters. The van der Waals surface area contributed by atoms with Crippen LogP contribution in [0.15, 0.2) is 70.6 Å². The average molecular weight is 520 g/mol. The molecule has 0 unspecified atom stereocenters. The Kier molecular flexibility index (Phi) is 12.5. The fraction of sp³-hybridized carbons (Fsp3) is 0.269. The molecule has 0 aliphatic heterocycles. The van der Waals surface area contributed by atoms with Crippen molar-refractivity contribution in [1.82, 2.24) is 5.32 Å². The van der Waals surface area contributed by atoms with Crippen LogP contribution >= 0.6 is 0 Å². The van der Waals surface area contributed by atoms with Gasteiger partial charge in [0.1, 0.15) is 17.5 Å². The van der Waals surface area contributed by atoms with E-state index < -0.39 is 21.7 Å². The van der Waals surface area contributed by atoms with Crippen molar-refractivity contribution in [3.05, 3.63) is 89.0 Å². The van der Waals surface area contributed by atoms with Crippen molar-refractivity contribution in [1.29, 1.82) is 0 Å². The molecule has 0 aromatic heterocycles. The first-order valence-electron chi connectivity index (χ1n) is 11.5. The average Bonchev–Trinajstić information content (AvgIpc) is 2.85. The number of aliphatic imine (C=N–C) groups is 1. The predicted octanol–water partition coefficient (Wildman–Crippen LogP) is 4.61. The number of benzene rings is 3. The summed E-state index contributed by atoms with van der Waals surface area (Å²) in [5.74, 6) is -0.647. The minimum Gasteiger partial charge on any atom is -0.398 e. The summed E-state index contributed by atoms with van der Waals surface area (Å²) in [4.78, 5) is 4.27. The molecule has 0 bridgehead atoms. The number of sulfonamides is 1. The van der Waals surface area contributed by atoms with Crippen LogP contribution in [0, 0.1) is 11.6 Å². The summed E-state index contributed by atoms with van der Waals surface area (Å²) in [7, 11) is -2.13. The molecule has 3 aromatic carbocycles. The van der Waals surface area contributed by atoms with Gasteiger partial charge in [-0.25, -0.2) is 22.3 Å². The molecule has 7 N–H and O–H groups in total. The highest BCUT2D eigenvalue weighted by molar-refractivity contribution is 7.89. The van der Waals surface area contributed by atoms with Gasteiger partial charge in [-0.2, -0.15) is 0 Å². The van der Waals surface area contributed by atoms with Gasteiger partial charge in [-0.05, 0) is 41.8 Å². The number of nitrogens with one attached hydrogen (secondary N) is 1. The van der Waals surface area contributed by atoms with E-state index in [0.717, 1.165) is 18.1 Å². The van der Waals surface area contributed by atoms with E-state index >= 15 is 0 Å². The van der Waals surface area contributed by atoms with Crippen LogP contribution in [0.25, 0.3) is 0 Å². The fourth-order valence-corrected chi connectivity index (χ4v) is 4.00. The van der Waals surface area contributed by atoms with Crippen molar-refractivity contribution in [2.24, 2.45) is 10.1 Å². The number of halogens is 2. The van der Waals surface area contributed by atoms with Crippen LogP contribution in [0.2, 0.25) is 0 Å². The van der Waals surface area contributed by atoms with Crippen molar-refractivity contribution in [2.75, 3.05) is 18.5 Å². The third-order valence-corrected chi connectivity index (χ3v) is 5.88. The minimum atomic E-state index is -3.77. The first kappa shape index (κ1) is 30.5. The van der Waals surface area contributed by atoms with E-state index in [1.54, 1.807) is 31.3 Å². The van der Waals surface area contributed by atoms with Crippen LogP contribution in [-0.2, 0) is 23.0 Å². The first-order chi connectivity index (χ1) is 17.1. The molecule has 0 fully saturated rings. The van der Waals surface area contributed by atoms with Gasteiger partial charge in [0, 0.05) is 30.9 Å². The van der Waals surface area contributed by atoms with Crippen LogP contribution < -0.4 is 21.9 Å². The van der Waals surface area contributed by atoms with Crippen LogP contribution in [-0.4, -0.2) is 21.3 Å². The lowest BCUT2D eigenvalue weighted by Crippen LogP contribution is -2.26. The van der Waals surface area contributed by atoms with Crippen molar-refractivity contribution in [3.8, 4) is 0 Å². The first-order valence-corrected chi connectivity index (χ1v) is 13.0. The van der Waals surface area contributed by atoms with Crippen LogP contribution in [0.4, 0.5) is 20.2 Å². The Bertz CT molecular complexity index is 1260. The topological polar surface area (TPSA) is 137 Å². The van der Waals surface area contributed by atoms with Gasteiger partial charge in [0.15, 0.2) is 0 Å². The molecule has 0 saturated heterocycles. The lowest BCUT2D eigenvalue weighted by atomic mass is 10.1. The molecule has 0 aliphatic carbocycles. The third kappa shape index (κ3) is 8.94. The summed E-state index contributed by atoms with van der Waals surface area (Å²) in [6, 6.07) is 16.0. The second kappa shape index (κ2) is 14.8. The number of para-hydroxylation sites is 1. The van der Waals surface area contributed by atoms with E-state index in [-0.39, 0.29) is 17.1 Å². The number of hydrogen-bond acceptors (Lipinski definition) is 5. The minimum absolute atomic E-state index is 0.0678. The molecular weight excluding hydrogens is 484 g/mol. The molecule has 0 radical (unpaired) electrons. The third-order valence-electron chi connectivity index (χ3n) is 4.86. The van der Waals surface area contributed by atoms with E-state index in [9.17, 15) is 17.2 Å². The second-order valence-corrected chi connectivity index (χ2v) is 8.91. The van der Waals surface area contributed by atoms with E-state index in [0.29, 0.717) is 29.1 Å². The molecule has 0 aliphatic rings. The van der Waals surface area contributed by atoms with Gasteiger partial charge in [0.2, 0.25) is 10.0 Å². The highest BCUT2D eigenvalue weighted by atomic mass is 32.2. The molecule has 0 amide bonds. The number of hydrogen-bond donors (Lipinski definition) is 4. The highest BCUT2D eigenvalue weighted by Crippen LogP contribution is 2.19. The van der Waals surface area contributed by atoms with Gasteiger partial charge in [0.05, 0.1) is 10.6 Å². The number of nitrogen functional groups attached to an aromatic ring is 2. The van der Waals surface area contributed by atoms with E-state index in [4.69, 9.17) is 16.6 Å². The number of rotatable bonds is 6. The smallest absolute Gasteiger partial charge is 0.238 e.